The molecule has 1 amide bonds. The molecule has 0 aliphatic heterocycles. The summed E-state index contributed by atoms with van der Waals surface area (Å²) >= 11 is 0. The summed E-state index contributed by atoms with van der Waals surface area (Å²) in [4.78, 5) is 23.3. The third-order valence-corrected chi connectivity index (χ3v) is 2.99. The largest absolute Gasteiger partial charge is 0.462 e. The van der Waals surface area contributed by atoms with Crippen molar-refractivity contribution in [1.29, 1.82) is 0 Å². The molecule has 0 saturated heterocycles. The zero-order chi connectivity index (χ0) is 14.5. The van der Waals surface area contributed by atoms with Crippen molar-refractivity contribution in [3.8, 4) is 0 Å². The molecule has 0 fully saturated rings. The smallest absolute Gasteiger partial charge is 0.338 e. The van der Waals surface area contributed by atoms with E-state index in [4.69, 9.17) is 4.74 Å². The summed E-state index contributed by atoms with van der Waals surface area (Å²) in [5, 5.41) is 4.64. The summed E-state index contributed by atoms with van der Waals surface area (Å²) in [5.41, 5.74) is 1.19. The van der Waals surface area contributed by atoms with E-state index in [0.29, 0.717) is 24.3 Å². The summed E-state index contributed by atoms with van der Waals surface area (Å²) in [6.45, 7) is 3.90. The Balaban J connectivity index is 2.45. The van der Waals surface area contributed by atoms with Crippen molar-refractivity contribution >= 4 is 28.3 Å². The number of benzene rings is 2. The number of esters is 1. The van der Waals surface area contributed by atoms with Crippen molar-refractivity contribution < 1.29 is 14.3 Å². The highest BCUT2D eigenvalue weighted by molar-refractivity contribution is 6.04. The number of amides is 1. The van der Waals surface area contributed by atoms with Crippen LogP contribution in [0.1, 0.15) is 30.6 Å². The minimum atomic E-state index is -0.356. The first kappa shape index (κ1) is 14.1. The lowest BCUT2D eigenvalue weighted by atomic mass is 10.1. The molecular formula is C16H17NO3. The monoisotopic (exact) mass is 271 g/mol. The van der Waals surface area contributed by atoms with Crippen LogP contribution in [-0.4, -0.2) is 18.5 Å². The third-order valence-electron chi connectivity index (χ3n) is 2.99. The molecule has 0 aromatic heterocycles. The average molecular weight is 271 g/mol. The number of carbonyl (C=O) groups is 2. The van der Waals surface area contributed by atoms with Gasteiger partial charge in [-0.25, -0.2) is 4.79 Å². The predicted molar refractivity (Wildman–Crippen MR) is 78.8 cm³/mol. The van der Waals surface area contributed by atoms with E-state index in [1.54, 1.807) is 26.0 Å². The van der Waals surface area contributed by atoms with Crippen molar-refractivity contribution in [2.24, 2.45) is 0 Å². The van der Waals surface area contributed by atoms with Crippen LogP contribution in [0.5, 0.6) is 0 Å². The number of fused-ring (bicyclic) bond motifs is 1. The molecule has 0 spiro atoms. The Labute approximate surface area is 117 Å². The van der Waals surface area contributed by atoms with Gasteiger partial charge in [-0.2, -0.15) is 0 Å². The van der Waals surface area contributed by atoms with Gasteiger partial charge in [0.15, 0.2) is 0 Å². The molecule has 2 aromatic rings. The SMILES string of the molecule is CCOC(=O)c1ccc2cccc(NC(=O)CC)c2c1. The summed E-state index contributed by atoms with van der Waals surface area (Å²) in [6.07, 6.45) is 0.411. The maximum absolute atomic E-state index is 11.8. The fourth-order valence-electron chi connectivity index (χ4n) is 1.96. The number of rotatable bonds is 4. The molecule has 2 rings (SSSR count). The quantitative estimate of drug-likeness (QED) is 0.867. The average Bonchev–Trinajstić information content (AvgIpc) is 2.47. The molecule has 1 N–H and O–H groups in total. The lowest BCUT2D eigenvalue weighted by Gasteiger charge is -2.09. The summed E-state index contributed by atoms with van der Waals surface area (Å²) in [6, 6.07) is 11.0. The van der Waals surface area contributed by atoms with E-state index in [0.717, 1.165) is 10.8 Å². The summed E-state index contributed by atoms with van der Waals surface area (Å²) < 4.78 is 4.99. The van der Waals surface area contributed by atoms with Crippen molar-refractivity contribution in [1.82, 2.24) is 0 Å². The van der Waals surface area contributed by atoms with E-state index in [9.17, 15) is 9.59 Å². The van der Waals surface area contributed by atoms with E-state index in [-0.39, 0.29) is 11.9 Å². The van der Waals surface area contributed by atoms with Crippen LogP contribution in [0.2, 0.25) is 0 Å². The third kappa shape index (κ3) is 2.96. The van der Waals surface area contributed by atoms with Gasteiger partial charge in [0.05, 0.1) is 12.2 Å². The van der Waals surface area contributed by atoms with Crippen LogP contribution in [0.3, 0.4) is 0 Å². The van der Waals surface area contributed by atoms with Gasteiger partial charge in [0, 0.05) is 17.5 Å². The Hall–Kier alpha value is -2.36. The minimum absolute atomic E-state index is 0.0564. The fourth-order valence-corrected chi connectivity index (χ4v) is 1.96. The van der Waals surface area contributed by atoms with Gasteiger partial charge in [0.1, 0.15) is 0 Å². The number of hydrogen-bond acceptors (Lipinski definition) is 3. The zero-order valence-electron chi connectivity index (χ0n) is 11.6. The van der Waals surface area contributed by atoms with Crippen LogP contribution in [0, 0.1) is 0 Å². The first-order chi connectivity index (χ1) is 9.65. The van der Waals surface area contributed by atoms with E-state index in [1.807, 2.05) is 24.3 Å². The molecule has 0 atom stereocenters. The molecule has 0 bridgehead atoms. The molecule has 0 radical (unpaired) electrons. The van der Waals surface area contributed by atoms with Crippen LogP contribution >= 0.6 is 0 Å². The first-order valence-electron chi connectivity index (χ1n) is 6.65. The highest BCUT2D eigenvalue weighted by atomic mass is 16.5. The molecule has 104 valence electrons. The van der Waals surface area contributed by atoms with Gasteiger partial charge in [-0.15, -0.1) is 0 Å². The van der Waals surface area contributed by atoms with Crippen LogP contribution in [0.15, 0.2) is 36.4 Å². The van der Waals surface area contributed by atoms with Crippen molar-refractivity contribution in [2.75, 3.05) is 11.9 Å². The van der Waals surface area contributed by atoms with Crippen LogP contribution in [-0.2, 0) is 9.53 Å². The van der Waals surface area contributed by atoms with E-state index >= 15 is 0 Å². The molecule has 0 aliphatic carbocycles. The van der Waals surface area contributed by atoms with Gasteiger partial charge in [0.25, 0.3) is 0 Å². The molecule has 0 unspecified atom stereocenters. The number of carbonyl (C=O) groups excluding carboxylic acids is 2. The topological polar surface area (TPSA) is 55.4 Å². The van der Waals surface area contributed by atoms with E-state index in [1.165, 1.54) is 0 Å². The van der Waals surface area contributed by atoms with Crippen molar-refractivity contribution in [2.45, 2.75) is 20.3 Å². The second-order valence-corrected chi connectivity index (χ2v) is 4.36. The maximum atomic E-state index is 11.8. The highest BCUT2D eigenvalue weighted by Gasteiger charge is 2.10. The number of anilines is 1. The number of nitrogens with one attached hydrogen (secondary N) is 1. The Bertz CT molecular complexity index is 649. The Kier molecular flexibility index (Phi) is 4.35. The highest BCUT2D eigenvalue weighted by Crippen LogP contribution is 2.25. The molecule has 0 aliphatic rings. The Morgan fingerprint density at radius 1 is 1.15 bits per heavy atom. The molecule has 20 heavy (non-hydrogen) atoms. The van der Waals surface area contributed by atoms with Gasteiger partial charge in [-0.05, 0) is 30.5 Å². The molecule has 0 heterocycles. The Morgan fingerprint density at radius 3 is 2.65 bits per heavy atom. The predicted octanol–water partition coefficient (Wildman–Crippen LogP) is 3.37. The van der Waals surface area contributed by atoms with Gasteiger partial charge in [-0.1, -0.05) is 25.1 Å². The second kappa shape index (κ2) is 6.19. The minimum Gasteiger partial charge on any atom is -0.462 e. The lowest BCUT2D eigenvalue weighted by molar-refractivity contribution is -0.115. The van der Waals surface area contributed by atoms with Crippen LogP contribution in [0.25, 0.3) is 10.8 Å². The maximum Gasteiger partial charge on any atom is 0.338 e. The van der Waals surface area contributed by atoms with Crippen molar-refractivity contribution in [3.05, 3.63) is 42.0 Å². The van der Waals surface area contributed by atoms with Gasteiger partial charge < -0.3 is 10.1 Å². The Morgan fingerprint density at radius 2 is 1.95 bits per heavy atom. The molecule has 4 heteroatoms. The molecular weight excluding hydrogens is 254 g/mol. The lowest BCUT2D eigenvalue weighted by Crippen LogP contribution is -2.10. The van der Waals surface area contributed by atoms with Gasteiger partial charge in [-0.3, -0.25) is 4.79 Å². The summed E-state index contributed by atoms with van der Waals surface area (Å²) in [5.74, 6) is -0.412. The number of hydrogen-bond donors (Lipinski definition) is 1. The standard InChI is InChI=1S/C16H17NO3/c1-3-15(18)17-14-7-5-6-11-8-9-12(10-13(11)14)16(19)20-4-2/h5-10H,3-4H2,1-2H3,(H,17,18). The number of ether oxygens (including phenoxy) is 1. The molecule has 4 nitrogen and oxygen atoms in total. The fraction of sp³-hybridized carbons (Fsp3) is 0.250. The first-order valence-corrected chi connectivity index (χ1v) is 6.65. The van der Waals surface area contributed by atoms with Crippen LogP contribution < -0.4 is 5.32 Å². The molecule has 0 saturated carbocycles. The van der Waals surface area contributed by atoms with Crippen LogP contribution in [0.4, 0.5) is 5.69 Å². The van der Waals surface area contributed by atoms with E-state index in [2.05, 4.69) is 5.32 Å². The van der Waals surface area contributed by atoms with E-state index < -0.39 is 0 Å². The zero-order valence-corrected chi connectivity index (χ0v) is 11.6. The second-order valence-electron chi connectivity index (χ2n) is 4.36. The molecule has 2 aromatic carbocycles. The van der Waals surface area contributed by atoms with Gasteiger partial charge >= 0.3 is 5.97 Å². The summed E-state index contributed by atoms with van der Waals surface area (Å²) in [7, 11) is 0. The van der Waals surface area contributed by atoms with Crippen molar-refractivity contribution in [3.63, 3.8) is 0 Å². The van der Waals surface area contributed by atoms with Gasteiger partial charge in [0.2, 0.25) is 5.91 Å². The normalized spacial score (nSPS) is 10.3.